The molecule has 2 heterocycles. The molecule has 1 saturated heterocycles. The predicted octanol–water partition coefficient (Wildman–Crippen LogP) is 1.91. The summed E-state index contributed by atoms with van der Waals surface area (Å²) in [6.07, 6.45) is 5.34. The Kier molecular flexibility index (Phi) is 6.68. The molecule has 1 aromatic heterocycles. The number of rotatable bonds is 6. The molecule has 1 aliphatic rings. The number of anilines is 1. The molecule has 3 N–H and O–H groups in total. The Morgan fingerprint density at radius 1 is 1.48 bits per heavy atom. The largest absolute Gasteiger partial charge is 0.508 e. The fourth-order valence-electron chi connectivity index (χ4n) is 2.61. The normalized spacial score (nSPS) is 18.3. The molecule has 23 heavy (non-hydrogen) atoms. The lowest BCUT2D eigenvalue weighted by Gasteiger charge is -2.29. The molecule has 6 nitrogen and oxygen atoms in total. The van der Waals surface area contributed by atoms with E-state index in [1.165, 1.54) is 6.08 Å². The molecule has 0 aliphatic carbocycles. The lowest BCUT2D eigenvalue weighted by molar-refractivity contribution is 0.333. The number of nitrogens with zero attached hydrogens (tertiary/aromatic N) is 3. The van der Waals surface area contributed by atoms with Crippen molar-refractivity contribution in [2.45, 2.75) is 25.2 Å². The van der Waals surface area contributed by atoms with Crippen LogP contribution in [0.1, 0.15) is 19.5 Å². The van der Waals surface area contributed by atoms with Gasteiger partial charge in [0, 0.05) is 49.3 Å². The highest BCUT2D eigenvalue weighted by Gasteiger charge is 2.22. The molecule has 1 aromatic rings. The van der Waals surface area contributed by atoms with Crippen LogP contribution in [-0.2, 0) is 6.54 Å². The molecular formula is C16H25BrN4O2. The molecule has 2 rings (SSSR count). The van der Waals surface area contributed by atoms with Crippen LogP contribution in [0.5, 0.6) is 0 Å². The molecule has 1 fully saturated rings. The summed E-state index contributed by atoms with van der Waals surface area (Å²) >= 11 is 3.50. The molecule has 128 valence electrons. The Hall–Kier alpha value is -1.31. The Bertz CT molecular complexity index is 575. The van der Waals surface area contributed by atoms with Crippen molar-refractivity contribution in [1.29, 1.82) is 0 Å². The summed E-state index contributed by atoms with van der Waals surface area (Å²) in [5.41, 5.74) is 2.41. The average Bonchev–Trinajstić information content (AvgIpc) is 2.97. The minimum atomic E-state index is -0.211. The van der Waals surface area contributed by atoms with Crippen LogP contribution in [0.25, 0.3) is 5.57 Å². The van der Waals surface area contributed by atoms with E-state index in [1.54, 1.807) is 0 Å². The van der Waals surface area contributed by atoms with Crippen LogP contribution in [0, 0.1) is 0 Å². The summed E-state index contributed by atoms with van der Waals surface area (Å²) in [5.74, 6) is 0.0523. The zero-order chi connectivity index (χ0) is 16.8. The van der Waals surface area contributed by atoms with E-state index < -0.39 is 0 Å². The van der Waals surface area contributed by atoms with Crippen LogP contribution in [0.15, 0.2) is 24.1 Å². The Labute approximate surface area is 145 Å². The lowest BCUT2D eigenvalue weighted by Crippen LogP contribution is -2.43. The highest BCUT2D eigenvalue weighted by molar-refractivity contribution is 9.09. The standard InChI is InChI=1S/C16H25BrN4O2/c1-3-21-11-14(20-7-5-18-6-8-20)16(19-21)13(10-12(2)17)15(23)4-9-22/h4,10-12,18,22-23H,3,5-9H2,1-2H3/b13-10+,15-4+. The summed E-state index contributed by atoms with van der Waals surface area (Å²) < 4.78 is 1.88. The van der Waals surface area contributed by atoms with E-state index in [0.29, 0.717) is 5.57 Å². The summed E-state index contributed by atoms with van der Waals surface area (Å²) in [6.45, 7) is 8.25. The van der Waals surface area contributed by atoms with Gasteiger partial charge < -0.3 is 20.4 Å². The molecule has 0 spiro atoms. The van der Waals surface area contributed by atoms with Gasteiger partial charge in [0.2, 0.25) is 0 Å². The molecule has 0 radical (unpaired) electrons. The van der Waals surface area contributed by atoms with Gasteiger partial charge in [-0.05, 0) is 19.9 Å². The number of halogens is 1. The maximum atomic E-state index is 10.3. The molecule has 1 unspecified atom stereocenters. The van der Waals surface area contributed by atoms with Gasteiger partial charge in [-0.2, -0.15) is 5.10 Å². The minimum absolute atomic E-state index is 0.0523. The molecule has 0 saturated carbocycles. The molecule has 0 bridgehead atoms. The maximum Gasteiger partial charge on any atom is 0.123 e. The van der Waals surface area contributed by atoms with Gasteiger partial charge in [0.25, 0.3) is 0 Å². The Morgan fingerprint density at radius 3 is 2.74 bits per heavy atom. The van der Waals surface area contributed by atoms with Crippen molar-refractivity contribution in [2.24, 2.45) is 0 Å². The average molecular weight is 385 g/mol. The van der Waals surface area contributed by atoms with E-state index in [0.717, 1.165) is 44.1 Å². The first-order valence-electron chi connectivity index (χ1n) is 7.96. The van der Waals surface area contributed by atoms with Gasteiger partial charge in [0.15, 0.2) is 0 Å². The lowest BCUT2D eigenvalue weighted by atomic mass is 10.1. The fraction of sp³-hybridized carbons (Fsp3) is 0.562. The topological polar surface area (TPSA) is 73.5 Å². The van der Waals surface area contributed by atoms with Crippen molar-refractivity contribution in [1.82, 2.24) is 15.1 Å². The number of piperazine rings is 1. The van der Waals surface area contributed by atoms with Crippen LogP contribution in [0.3, 0.4) is 0 Å². The predicted molar refractivity (Wildman–Crippen MR) is 97.1 cm³/mol. The SMILES string of the molecule is CCn1cc(N2CCNCC2)c(C(=C/C(C)Br)/C(O)=C\CO)n1. The van der Waals surface area contributed by atoms with E-state index in [4.69, 9.17) is 5.11 Å². The Balaban J connectivity index is 2.48. The Morgan fingerprint density at radius 2 is 2.17 bits per heavy atom. The second-order valence-electron chi connectivity index (χ2n) is 5.49. The first kappa shape index (κ1) is 18.0. The third-order valence-electron chi connectivity index (χ3n) is 3.74. The smallest absolute Gasteiger partial charge is 0.123 e. The number of hydrogen-bond donors (Lipinski definition) is 3. The molecule has 0 amide bonds. The van der Waals surface area contributed by atoms with Crippen molar-refractivity contribution in [2.75, 3.05) is 37.7 Å². The van der Waals surface area contributed by atoms with Gasteiger partial charge in [-0.25, -0.2) is 0 Å². The van der Waals surface area contributed by atoms with Gasteiger partial charge in [0.1, 0.15) is 11.5 Å². The van der Waals surface area contributed by atoms with E-state index in [9.17, 15) is 5.11 Å². The first-order chi connectivity index (χ1) is 11.1. The third kappa shape index (κ3) is 4.59. The zero-order valence-electron chi connectivity index (χ0n) is 13.7. The molecule has 1 atom stereocenters. The van der Waals surface area contributed by atoms with Crippen molar-refractivity contribution >= 4 is 27.2 Å². The fourth-order valence-corrected chi connectivity index (χ4v) is 2.88. The third-order valence-corrected chi connectivity index (χ3v) is 4.00. The number of aliphatic hydroxyl groups is 2. The summed E-state index contributed by atoms with van der Waals surface area (Å²) in [4.78, 5) is 2.36. The molecular weight excluding hydrogens is 360 g/mol. The van der Waals surface area contributed by atoms with E-state index in [1.807, 2.05) is 30.8 Å². The number of nitrogens with one attached hydrogen (secondary N) is 1. The number of aromatic nitrogens is 2. The first-order valence-corrected chi connectivity index (χ1v) is 8.88. The number of aryl methyl sites for hydroxylation is 1. The van der Waals surface area contributed by atoms with Crippen molar-refractivity contribution in [3.8, 4) is 0 Å². The monoisotopic (exact) mass is 384 g/mol. The van der Waals surface area contributed by atoms with E-state index in [2.05, 4.69) is 31.2 Å². The van der Waals surface area contributed by atoms with Gasteiger partial charge in [-0.3, -0.25) is 4.68 Å². The summed E-state index contributed by atoms with van der Waals surface area (Å²) in [7, 11) is 0. The second-order valence-corrected chi connectivity index (χ2v) is 6.93. The van der Waals surface area contributed by atoms with Gasteiger partial charge >= 0.3 is 0 Å². The van der Waals surface area contributed by atoms with Crippen LogP contribution >= 0.6 is 15.9 Å². The highest BCUT2D eigenvalue weighted by Crippen LogP contribution is 2.31. The number of aliphatic hydroxyl groups excluding tert-OH is 2. The van der Waals surface area contributed by atoms with Crippen molar-refractivity contribution < 1.29 is 10.2 Å². The number of allylic oxidation sites excluding steroid dienone is 2. The van der Waals surface area contributed by atoms with Crippen LogP contribution < -0.4 is 10.2 Å². The van der Waals surface area contributed by atoms with E-state index >= 15 is 0 Å². The summed E-state index contributed by atoms with van der Waals surface area (Å²) in [5, 5.41) is 27.5. The van der Waals surface area contributed by atoms with Gasteiger partial charge in [-0.15, -0.1) is 0 Å². The van der Waals surface area contributed by atoms with E-state index in [-0.39, 0.29) is 17.2 Å². The molecule has 7 heteroatoms. The van der Waals surface area contributed by atoms with Crippen LogP contribution in [0.2, 0.25) is 0 Å². The van der Waals surface area contributed by atoms with Crippen LogP contribution in [-0.4, -0.2) is 57.6 Å². The van der Waals surface area contributed by atoms with Crippen LogP contribution in [0.4, 0.5) is 5.69 Å². The number of hydrogen-bond acceptors (Lipinski definition) is 5. The molecule has 1 aliphatic heterocycles. The minimum Gasteiger partial charge on any atom is -0.508 e. The highest BCUT2D eigenvalue weighted by atomic mass is 79.9. The van der Waals surface area contributed by atoms with Gasteiger partial charge in [0.05, 0.1) is 12.3 Å². The second kappa shape index (κ2) is 8.52. The quantitative estimate of drug-likeness (QED) is 0.396. The zero-order valence-corrected chi connectivity index (χ0v) is 15.3. The van der Waals surface area contributed by atoms with Gasteiger partial charge in [-0.1, -0.05) is 22.0 Å². The van der Waals surface area contributed by atoms with Crippen molar-refractivity contribution in [3.05, 3.63) is 29.8 Å². The number of alkyl halides is 1. The summed E-state index contributed by atoms with van der Waals surface area (Å²) in [6, 6.07) is 0. The van der Waals surface area contributed by atoms with Crippen molar-refractivity contribution in [3.63, 3.8) is 0 Å². The molecule has 0 aromatic carbocycles. The maximum absolute atomic E-state index is 10.3.